The van der Waals surface area contributed by atoms with E-state index in [-0.39, 0.29) is 6.10 Å². The molecule has 2 aromatic rings. The smallest absolute Gasteiger partial charge is 0.123 e. The molecule has 2 aromatic carbocycles. The standard InChI is InChI=1S/C18H22N2O/c1-13-7-8-18-14(9-13)10-17(21-18)12-19-15-5-4-6-16(11-15)20(2)3/h4-9,11,17,19H,10,12H2,1-3H3. The maximum atomic E-state index is 5.99. The zero-order valence-corrected chi connectivity index (χ0v) is 12.9. The Morgan fingerprint density at radius 3 is 2.86 bits per heavy atom. The molecule has 0 bridgehead atoms. The van der Waals surface area contributed by atoms with E-state index in [1.165, 1.54) is 16.8 Å². The molecule has 0 fully saturated rings. The number of nitrogens with zero attached hydrogens (tertiary/aromatic N) is 1. The number of anilines is 2. The highest BCUT2D eigenvalue weighted by molar-refractivity contribution is 5.57. The summed E-state index contributed by atoms with van der Waals surface area (Å²) in [6.07, 6.45) is 1.20. The lowest BCUT2D eigenvalue weighted by Crippen LogP contribution is -2.24. The van der Waals surface area contributed by atoms with Gasteiger partial charge in [0, 0.05) is 31.9 Å². The van der Waals surface area contributed by atoms with Crippen LogP contribution >= 0.6 is 0 Å². The first-order valence-corrected chi connectivity index (χ1v) is 7.39. The summed E-state index contributed by atoms with van der Waals surface area (Å²) in [7, 11) is 4.11. The Hall–Kier alpha value is -2.16. The van der Waals surface area contributed by atoms with Crippen molar-refractivity contribution in [3.8, 4) is 5.75 Å². The second-order valence-corrected chi connectivity index (χ2v) is 5.88. The van der Waals surface area contributed by atoms with Crippen molar-refractivity contribution in [2.24, 2.45) is 0 Å². The normalized spacial score (nSPS) is 16.2. The molecule has 110 valence electrons. The fourth-order valence-electron chi connectivity index (χ4n) is 2.69. The van der Waals surface area contributed by atoms with Crippen molar-refractivity contribution in [1.82, 2.24) is 0 Å². The molecule has 1 atom stereocenters. The van der Waals surface area contributed by atoms with Crippen LogP contribution in [0, 0.1) is 6.92 Å². The lowest BCUT2D eigenvalue weighted by atomic mass is 10.1. The van der Waals surface area contributed by atoms with E-state index in [0.29, 0.717) is 0 Å². The number of hydrogen-bond donors (Lipinski definition) is 1. The molecule has 3 nitrogen and oxygen atoms in total. The molecule has 0 aliphatic carbocycles. The van der Waals surface area contributed by atoms with Gasteiger partial charge in [-0.25, -0.2) is 0 Å². The average Bonchev–Trinajstić information content (AvgIpc) is 2.87. The van der Waals surface area contributed by atoms with Crippen LogP contribution in [0.3, 0.4) is 0 Å². The van der Waals surface area contributed by atoms with E-state index in [1.54, 1.807) is 0 Å². The van der Waals surface area contributed by atoms with Gasteiger partial charge < -0.3 is 15.0 Å². The first-order valence-electron chi connectivity index (χ1n) is 7.39. The summed E-state index contributed by atoms with van der Waals surface area (Å²) in [5, 5.41) is 3.48. The molecule has 1 heterocycles. The largest absolute Gasteiger partial charge is 0.488 e. The number of rotatable bonds is 4. The van der Waals surface area contributed by atoms with Crippen LogP contribution in [-0.2, 0) is 6.42 Å². The van der Waals surface area contributed by atoms with Crippen LogP contribution in [0.1, 0.15) is 11.1 Å². The van der Waals surface area contributed by atoms with E-state index in [0.717, 1.165) is 24.4 Å². The van der Waals surface area contributed by atoms with Crippen LogP contribution in [0.4, 0.5) is 11.4 Å². The van der Waals surface area contributed by atoms with Crippen LogP contribution in [0.5, 0.6) is 5.75 Å². The Balaban J connectivity index is 1.61. The van der Waals surface area contributed by atoms with E-state index in [1.807, 2.05) is 0 Å². The second-order valence-electron chi connectivity index (χ2n) is 5.88. The molecule has 0 amide bonds. The van der Waals surface area contributed by atoms with Gasteiger partial charge in [0.05, 0.1) is 6.54 Å². The Bertz CT molecular complexity index is 637. The number of aryl methyl sites for hydroxylation is 1. The number of ether oxygens (including phenoxy) is 1. The number of nitrogens with one attached hydrogen (secondary N) is 1. The highest BCUT2D eigenvalue weighted by atomic mass is 16.5. The summed E-state index contributed by atoms with van der Waals surface area (Å²) in [5.74, 6) is 1.04. The van der Waals surface area contributed by atoms with Crippen LogP contribution in [0.2, 0.25) is 0 Å². The van der Waals surface area contributed by atoms with Gasteiger partial charge >= 0.3 is 0 Å². The van der Waals surface area contributed by atoms with Crippen LogP contribution in [0.25, 0.3) is 0 Å². The third-order valence-electron chi connectivity index (χ3n) is 3.85. The van der Waals surface area contributed by atoms with Crippen LogP contribution < -0.4 is 15.0 Å². The molecule has 0 spiro atoms. The molecule has 1 aliphatic heterocycles. The van der Waals surface area contributed by atoms with Crippen molar-refractivity contribution in [2.75, 3.05) is 30.9 Å². The molecule has 3 heteroatoms. The lowest BCUT2D eigenvalue weighted by Gasteiger charge is -2.16. The lowest BCUT2D eigenvalue weighted by molar-refractivity contribution is 0.246. The van der Waals surface area contributed by atoms with Gasteiger partial charge in [0.2, 0.25) is 0 Å². The zero-order chi connectivity index (χ0) is 14.8. The predicted octanol–water partition coefficient (Wildman–Crippen LogP) is 3.48. The Kier molecular flexibility index (Phi) is 3.74. The maximum absolute atomic E-state index is 5.99. The van der Waals surface area contributed by atoms with E-state index < -0.39 is 0 Å². The number of benzene rings is 2. The fraction of sp³-hybridized carbons (Fsp3) is 0.333. The molecular formula is C18H22N2O. The van der Waals surface area contributed by atoms with E-state index in [2.05, 4.69) is 73.7 Å². The summed E-state index contributed by atoms with van der Waals surface area (Å²) < 4.78 is 5.99. The molecule has 1 N–H and O–H groups in total. The van der Waals surface area contributed by atoms with Crippen molar-refractivity contribution < 1.29 is 4.74 Å². The third-order valence-corrected chi connectivity index (χ3v) is 3.85. The van der Waals surface area contributed by atoms with Crippen molar-refractivity contribution in [3.63, 3.8) is 0 Å². The summed E-state index contributed by atoms with van der Waals surface area (Å²) in [6.45, 7) is 2.95. The monoisotopic (exact) mass is 282 g/mol. The second kappa shape index (κ2) is 5.68. The number of hydrogen-bond acceptors (Lipinski definition) is 3. The molecule has 0 radical (unpaired) electrons. The van der Waals surface area contributed by atoms with E-state index in [4.69, 9.17) is 4.74 Å². The van der Waals surface area contributed by atoms with E-state index >= 15 is 0 Å². The van der Waals surface area contributed by atoms with Gasteiger partial charge in [-0.3, -0.25) is 0 Å². The third kappa shape index (κ3) is 3.13. The molecule has 0 aromatic heterocycles. The minimum Gasteiger partial charge on any atom is -0.488 e. The fourth-order valence-corrected chi connectivity index (χ4v) is 2.69. The molecule has 0 saturated carbocycles. The van der Waals surface area contributed by atoms with Gasteiger partial charge in [-0.15, -0.1) is 0 Å². The Morgan fingerprint density at radius 1 is 1.19 bits per heavy atom. The summed E-state index contributed by atoms with van der Waals surface area (Å²) in [4.78, 5) is 2.11. The quantitative estimate of drug-likeness (QED) is 0.929. The summed E-state index contributed by atoms with van der Waals surface area (Å²) in [6, 6.07) is 14.8. The molecule has 1 unspecified atom stereocenters. The maximum Gasteiger partial charge on any atom is 0.123 e. The van der Waals surface area contributed by atoms with Crippen molar-refractivity contribution in [1.29, 1.82) is 0 Å². The summed E-state index contributed by atoms with van der Waals surface area (Å²) >= 11 is 0. The van der Waals surface area contributed by atoms with Crippen LogP contribution in [-0.4, -0.2) is 26.7 Å². The van der Waals surface area contributed by atoms with Crippen LogP contribution in [0.15, 0.2) is 42.5 Å². The first-order chi connectivity index (χ1) is 10.1. The van der Waals surface area contributed by atoms with Gasteiger partial charge in [0.1, 0.15) is 11.9 Å². The van der Waals surface area contributed by atoms with Crippen molar-refractivity contribution in [2.45, 2.75) is 19.4 Å². The average molecular weight is 282 g/mol. The Labute approximate surface area is 126 Å². The number of fused-ring (bicyclic) bond motifs is 1. The first kappa shape index (κ1) is 13.8. The van der Waals surface area contributed by atoms with Gasteiger partial charge in [-0.2, -0.15) is 0 Å². The SMILES string of the molecule is Cc1ccc2c(c1)CC(CNc1cccc(N(C)C)c1)O2. The van der Waals surface area contributed by atoms with E-state index in [9.17, 15) is 0 Å². The highest BCUT2D eigenvalue weighted by Crippen LogP contribution is 2.29. The minimum atomic E-state index is 0.213. The molecule has 0 saturated heterocycles. The van der Waals surface area contributed by atoms with Crippen molar-refractivity contribution in [3.05, 3.63) is 53.6 Å². The summed E-state index contributed by atoms with van der Waals surface area (Å²) in [5.41, 5.74) is 4.96. The molecule has 1 aliphatic rings. The van der Waals surface area contributed by atoms with Gasteiger partial charge in [-0.1, -0.05) is 23.8 Å². The Morgan fingerprint density at radius 2 is 2.05 bits per heavy atom. The molecule has 3 rings (SSSR count). The predicted molar refractivity (Wildman–Crippen MR) is 88.6 cm³/mol. The topological polar surface area (TPSA) is 24.5 Å². The highest BCUT2D eigenvalue weighted by Gasteiger charge is 2.22. The minimum absolute atomic E-state index is 0.213. The molecule has 21 heavy (non-hydrogen) atoms. The van der Waals surface area contributed by atoms with Gasteiger partial charge in [-0.05, 0) is 36.8 Å². The molecular weight excluding hydrogens is 260 g/mol. The van der Waals surface area contributed by atoms with Gasteiger partial charge in [0.15, 0.2) is 0 Å². The van der Waals surface area contributed by atoms with Crippen molar-refractivity contribution >= 4 is 11.4 Å². The zero-order valence-electron chi connectivity index (χ0n) is 12.9. The van der Waals surface area contributed by atoms with Gasteiger partial charge in [0.25, 0.3) is 0 Å².